The van der Waals surface area contributed by atoms with Crippen LogP contribution in [0, 0.1) is 0 Å². The van der Waals surface area contributed by atoms with Gasteiger partial charge in [0.2, 0.25) is 10.0 Å². The molecule has 1 aromatic carbocycles. The number of hydrogen-bond acceptors (Lipinski definition) is 4. The van der Waals surface area contributed by atoms with E-state index >= 15 is 0 Å². The summed E-state index contributed by atoms with van der Waals surface area (Å²) in [7, 11) is -3.37. The Morgan fingerprint density at radius 1 is 1.41 bits per heavy atom. The van der Waals surface area contributed by atoms with E-state index in [0.717, 1.165) is 19.5 Å². The molecule has 0 aliphatic carbocycles. The van der Waals surface area contributed by atoms with E-state index in [0.29, 0.717) is 23.2 Å². The summed E-state index contributed by atoms with van der Waals surface area (Å²) in [4.78, 5) is 2.32. The molecule has 0 unspecified atom stereocenters. The van der Waals surface area contributed by atoms with Crippen LogP contribution in [-0.4, -0.2) is 51.2 Å². The van der Waals surface area contributed by atoms with E-state index < -0.39 is 10.0 Å². The molecule has 0 spiro atoms. The van der Waals surface area contributed by atoms with E-state index in [1.165, 1.54) is 0 Å². The number of ether oxygens (including phenoxy) is 1. The van der Waals surface area contributed by atoms with Crippen molar-refractivity contribution in [3.8, 4) is 0 Å². The summed E-state index contributed by atoms with van der Waals surface area (Å²) in [5, 5.41) is 0.553. The topological polar surface area (TPSA) is 58.6 Å². The highest BCUT2D eigenvalue weighted by Crippen LogP contribution is 2.24. The lowest BCUT2D eigenvalue weighted by Gasteiger charge is -2.33. The van der Waals surface area contributed by atoms with Gasteiger partial charge in [0.15, 0.2) is 0 Å². The maximum Gasteiger partial charge on any atom is 0.216 e. The van der Waals surface area contributed by atoms with Gasteiger partial charge in [0.1, 0.15) is 0 Å². The Bertz CT molecular complexity index is 637. The minimum absolute atomic E-state index is 0.0388. The number of nitrogens with one attached hydrogen (secondary N) is 1. The molecule has 0 amide bonds. The van der Waals surface area contributed by atoms with Crippen molar-refractivity contribution in [3.63, 3.8) is 0 Å². The molecule has 2 aliphatic heterocycles. The number of rotatable bonds is 4. The maximum absolute atomic E-state index is 12.3. The van der Waals surface area contributed by atoms with Crippen molar-refractivity contribution in [1.29, 1.82) is 0 Å². The van der Waals surface area contributed by atoms with E-state index in [-0.39, 0.29) is 17.9 Å². The third kappa shape index (κ3) is 4.00. The molecule has 2 fully saturated rings. The second-order valence-electron chi connectivity index (χ2n) is 6.19. The highest BCUT2D eigenvalue weighted by Gasteiger charge is 2.37. The predicted octanol–water partition coefficient (Wildman–Crippen LogP) is 1.62. The zero-order valence-corrected chi connectivity index (χ0v) is 14.1. The molecular formula is C15H21ClN2O3S. The lowest BCUT2D eigenvalue weighted by Crippen LogP contribution is -2.45. The molecule has 2 aliphatic rings. The second-order valence-corrected chi connectivity index (χ2v) is 8.38. The van der Waals surface area contributed by atoms with Gasteiger partial charge >= 0.3 is 0 Å². The second kappa shape index (κ2) is 6.45. The first-order valence-corrected chi connectivity index (χ1v) is 9.54. The monoisotopic (exact) mass is 344 g/mol. The van der Waals surface area contributed by atoms with E-state index in [1.54, 1.807) is 24.3 Å². The number of morpholine rings is 1. The largest absolute Gasteiger partial charge is 0.376 e. The van der Waals surface area contributed by atoms with Crippen LogP contribution in [0.2, 0.25) is 5.02 Å². The van der Waals surface area contributed by atoms with E-state index in [9.17, 15) is 8.42 Å². The quantitative estimate of drug-likeness (QED) is 0.901. The number of fused-ring (bicyclic) bond motifs is 1. The summed E-state index contributed by atoms with van der Waals surface area (Å²) in [6.07, 6.45) is 1.03. The van der Waals surface area contributed by atoms with Crippen molar-refractivity contribution in [1.82, 2.24) is 9.62 Å². The Kier molecular flexibility index (Phi) is 4.75. The Balaban J connectivity index is 1.60. The molecule has 2 heterocycles. The summed E-state index contributed by atoms with van der Waals surface area (Å²) in [5.74, 6) is -0.0401. The van der Waals surface area contributed by atoms with E-state index in [1.807, 2.05) is 6.92 Å². The molecule has 1 aromatic rings. The van der Waals surface area contributed by atoms with E-state index in [4.69, 9.17) is 16.3 Å². The third-order valence-corrected chi connectivity index (χ3v) is 5.83. The first-order valence-electron chi connectivity index (χ1n) is 7.51. The minimum Gasteiger partial charge on any atom is -0.376 e. The van der Waals surface area contributed by atoms with Gasteiger partial charge in [-0.1, -0.05) is 23.7 Å². The molecule has 3 rings (SSSR count). The van der Waals surface area contributed by atoms with Crippen LogP contribution in [-0.2, 0) is 20.5 Å². The lowest BCUT2D eigenvalue weighted by molar-refractivity contribution is -0.0390. The summed E-state index contributed by atoms with van der Waals surface area (Å²) >= 11 is 5.90. The smallest absolute Gasteiger partial charge is 0.216 e. The molecule has 0 radical (unpaired) electrons. The standard InChI is InChI=1S/C15H21ClN2O3S/c1-11-7-18-8-14(6-15(18)9-21-11)17-22(19,20)10-12-3-2-4-13(16)5-12/h2-5,11,14-15,17H,6-10H2,1H3/t11-,14+,15-/m0/s1. The molecule has 0 saturated carbocycles. The molecule has 0 aromatic heterocycles. The van der Waals surface area contributed by atoms with Gasteiger partial charge in [-0.3, -0.25) is 4.90 Å². The molecule has 7 heteroatoms. The number of halogens is 1. The summed E-state index contributed by atoms with van der Waals surface area (Å²) in [5.41, 5.74) is 0.702. The normalized spacial score (nSPS) is 29.5. The molecule has 22 heavy (non-hydrogen) atoms. The summed E-state index contributed by atoms with van der Waals surface area (Å²) in [6, 6.07) is 7.26. The van der Waals surface area contributed by atoms with Gasteiger partial charge in [0.05, 0.1) is 18.5 Å². The molecular weight excluding hydrogens is 324 g/mol. The van der Waals surface area contributed by atoms with Crippen LogP contribution < -0.4 is 4.72 Å². The van der Waals surface area contributed by atoms with Gasteiger partial charge in [-0.05, 0) is 31.0 Å². The molecule has 5 nitrogen and oxygen atoms in total. The van der Waals surface area contributed by atoms with Crippen LogP contribution >= 0.6 is 11.6 Å². The number of nitrogens with zero attached hydrogens (tertiary/aromatic N) is 1. The van der Waals surface area contributed by atoms with Crippen molar-refractivity contribution >= 4 is 21.6 Å². The first kappa shape index (κ1) is 16.2. The molecule has 3 atom stereocenters. The lowest BCUT2D eigenvalue weighted by atomic mass is 10.2. The first-order chi connectivity index (χ1) is 10.4. The van der Waals surface area contributed by atoms with Crippen LogP contribution in [0.5, 0.6) is 0 Å². The molecule has 0 bridgehead atoms. The van der Waals surface area contributed by atoms with Crippen molar-refractivity contribution in [2.75, 3.05) is 19.7 Å². The van der Waals surface area contributed by atoms with Gasteiger partial charge in [0.25, 0.3) is 0 Å². The zero-order valence-electron chi connectivity index (χ0n) is 12.5. The van der Waals surface area contributed by atoms with Crippen molar-refractivity contribution in [3.05, 3.63) is 34.9 Å². The van der Waals surface area contributed by atoms with Crippen LogP contribution in [0.25, 0.3) is 0 Å². The molecule has 2 saturated heterocycles. The number of benzene rings is 1. The fourth-order valence-electron chi connectivity index (χ4n) is 3.27. The fraction of sp³-hybridized carbons (Fsp3) is 0.600. The average molecular weight is 345 g/mol. The highest BCUT2D eigenvalue weighted by molar-refractivity contribution is 7.88. The van der Waals surface area contributed by atoms with Gasteiger partial charge in [-0.15, -0.1) is 0 Å². The summed E-state index contributed by atoms with van der Waals surface area (Å²) in [6.45, 7) is 4.37. The Morgan fingerprint density at radius 2 is 2.23 bits per heavy atom. The predicted molar refractivity (Wildman–Crippen MR) is 86.4 cm³/mol. The molecule has 1 N–H and O–H groups in total. The van der Waals surface area contributed by atoms with Crippen molar-refractivity contribution < 1.29 is 13.2 Å². The van der Waals surface area contributed by atoms with Gasteiger partial charge < -0.3 is 4.74 Å². The minimum atomic E-state index is -3.37. The maximum atomic E-state index is 12.3. The van der Waals surface area contributed by atoms with Crippen LogP contribution in [0.4, 0.5) is 0 Å². The van der Waals surface area contributed by atoms with Crippen molar-refractivity contribution in [2.24, 2.45) is 0 Å². The number of hydrogen-bond donors (Lipinski definition) is 1. The van der Waals surface area contributed by atoms with Crippen LogP contribution in [0.15, 0.2) is 24.3 Å². The highest BCUT2D eigenvalue weighted by atomic mass is 35.5. The van der Waals surface area contributed by atoms with Crippen LogP contribution in [0.3, 0.4) is 0 Å². The average Bonchev–Trinajstić information content (AvgIpc) is 2.78. The Labute approximate surface area is 136 Å². The Morgan fingerprint density at radius 3 is 3.00 bits per heavy atom. The van der Waals surface area contributed by atoms with Gasteiger partial charge in [-0.2, -0.15) is 0 Å². The fourth-order valence-corrected chi connectivity index (χ4v) is 4.86. The Hall–Kier alpha value is -0.660. The van der Waals surface area contributed by atoms with Crippen molar-refractivity contribution in [2.45, 2.75) is 37.3 Å². The third-order valence-electron chi connectivity index (χ3n) is 4.18. The summed E-state index contributed by atoms with van der Waals surface area (Å²) < 4.78 is 33.1. The van der Waals surface area contributed by atoms with Gasteiger partial charge in [-0.25, -0.2) is 13.1 Å². The number of sulfonamides is 1. The van der Waals surface area contributed by atoms with Gasteiger partial charge in [0, 0.05) is 30.2 Å². The molecule has 122 valence electrons. The SMILES string of the molecule is C[C@H]1CN2C[C@H](NS(=O)(=O)Cc3cccc(Cl)c3)C[C@H]2CO1. The van der Waals surface area contributed by atoms with E-state index in [2.05, 4.69) is 9.62 Å². The zero-order chi connectivity index (χ0) is 15.7. The van der Waals surface area contributed by atoms with Crippen LogP contribution in [0.1, 0.15) is 18.9 Å².